The van der Waals surface area contributed by atoms with Crippen molar-refractivity contribution >= 4 is 52.2 Å². The Labute approximate surface area is 168 Å². The highest BCUT2D eigenvalue weighted by atomic mass is 35.5. The predicted molar refractivity (Wildman–Crippen MR) is 106 cm³/mol. The fourth-order valence-corrected chi connectivity index (χ4v) is 3.85. The van der Waals surface area contributed by atoms with Crippen LogP contribution in [-0.2, 0) is 16.1 Å². The van der Waals surface area contributed by atoms with Gasteiger partial charge in [0.25, 0.3) is 0 Å². The van der Waals surface area contributed by atoms with Crippen molar-refractivity contribution in [2.45, 2.75) is 18.1 Å². The largest absolute Gasteiger partial charge is 0.370 e. The molecule has 3 rings (SSSR count). The molecule has 0 saturated carbocycles. The maximum Gasteiger partial charge on any atom is 0.234 e. The van der Waals surface area contributed by atoms with Crippen LogP contribution in [0.5, 0.6) is 0 Å². The van der Waals surface area contributed by atoms with Gasteiger partial charge in [-0.2, -0.15) is 0 Å². The van der Waals surface area contributed by atoms with E-state index >= 15 is 0 Å². The molecule has 0 aliphatic heterocycles. The van der Waals surface area contributed by atoms with E-state index in [2.05, 4.69) is 20.5 Å². The first kappa shape index (κ1) is 19.3. The summed E-state index contributed by atoms with van der Waals surface area (Å²) in [6, 6.07) is 7.18. The minimum absolute atomic E-state index is 0.102. The standard InChI is InChI=1S/C16H15ClN6O2S2/c17-14-10(3-1-6-19-14)20-13(25)9-27-16-22-21-15(11-4-2-8-26-11)23(16)7-5-12(18)24/h1-4,6,8H,5,7,9H2,(H2,18,24)(H,20,25). The molecule has 3 aromatic rings. The zero-order valence-electron chi connectivity index (χ0n) is 14.0. The second kappa shape index (κ2) is 8.98. The number of carbonyl (C=O) groups is 2. The molecule has 8 nitrogen and oxygen atoms in total. The number of thiophene rings is 1. The van der Waals surface area contributed by atoms with Gasteiger partial charge in [0.05, 0.1) is 16.3 Å². The zero-order chi connectivity index (χ0) is 19.2. The SMILES string of the molecule is NC(=O)CCn1c(SCC(=O)Nc2cccnc2Cl)nnc1-c1cccs1. The molecule has 3 heterocycles. The zero-order valence-corrected chi connectivity index (χ0v) is 16.4. The van der Waals surface area contributed by atoms with E-state index in [0.717, 1.165) is 4.88 Å². The van der Waals surface area contributed by atoms with Gasteiger partial charge in [0.2, 0.25) is 11.8 Å². The molecule has 27 heavy (non-hydrogen) atoms. The number of rotatable bonds is 8. The Morgan fingerprint density at radius 3 is 2.85 bits per heavy atom. The van der Waals surface area contributed by atoms with Crippen LogP contribution in [0.1, 0.15) is 6.42 Å². The molecule has 140 valence electrons. The van der Waals surface area contributed by atoms with Crippen LogP contribution in [0.15, 0.2) is 41.0 Å². The summed E-state index contributed by atoms with van der Waals surface area (Å²) in [5.74, 6) is 0.0758. The van der Waals surface area contributed by atoms with Gasteiger partial charge in [-0.25, -0.2) is 4.98 Å². The summed E-state index contributed by atoms with van der Waals surface area (Å²) in [4.78, 5) is 28.2. The smallest absolute Gasteiger partial charge is 0.234 e. The Balaban J connectivity index is 1.71. The van der Waals surface area contributed by atoms with E-state index in [1.807, 2.05) is 17.5 Å². The van der Waals surface area contributed by atoms with Crippen molar-refractivity contribution < 1.29 is 9.59 Å². The van der Waals surface area contributed by atoms with Gasteiger partial charge in [0.1, 0.15) is 0 Å². The van der Waals surface area contributed by atoms with Gasteiger partial charge in [0.15, 0.2) is 16.1 Å². The molecule has 0 fully saturated rings. The third kappa shape index (κ3) is 5.06. The highest BCUT2D eigenvalue weighted by Crippen LogP contribution is 2.27. The lowest BCUT2D eigenvalue weighted by Crippen LogP contribution is -2.16. The minimum atomic E-state index is -0.416. The van der Waals surface area contributed by atoms with Crippen molar-refractivity contribution in [1.82, 2.24) is 19.7 Å². The number of primary amides is 1. The van der Waals surface area contributed by atoms with Gasteiger partial charge in [-0.05, 0) is 23.6 Å². The van der Waals surface area contributed by atoms with Gasteiger partial charge < -0.3 is 15.6 Å². The van der Waals surface area contributed by atoms with Crippen LogP contribution in [0.2, 0.25) is 5.15 Å². The Kier molecular flexibility index (Phi) is 6.43. The number of anilines is 1. The Bertz CT molecular complexity index is 944. The molecule has 0 saturated heterocycles. The fourth-order valence-electron chi connectivity index (χ4n) is 2.20. The summed E-state index contributed by atoms with van der Waals surface area (Å²) >= 11 is 8.67. The molecule has 0 atom stereocenters. The van der Waals surface area contributed by atoms with Gasteiger partial charge in [0, 0.05) is 19.2 Å². The Morgan fingerprint density at radius 2 is 2.15 bits per heavy atom. The average Bonchev–Trinajstić information content (AvgIpc) is 3.29. The number of nitrogens with zero attached hydrogens (tertiary/aromatic N) is 4. The number of halogens is 1. The highest BCUT2D eigenvalue weighted by Gasteiger charge is 2.17. The monoisotopic (exact) mass is 422 g/mol. The van der Waals surface area contributed by atoms with E-state index < -0.39 is 5.91 Å². The van der Waals surface area contributed by atoms with E-state index in [4.69, 9.17) is 17.3 Å². The molecule has 0 bridgehead atoms. The lowest BCUT2D eigenvalue weighted by atomic mass is 10.4. The van der Waals surface area contributed by atoms with Crippen LogP contribution in [0, 0.1) is 0 Å². The Hall–Kier alpha value is -2.43. The molecule has 0 aliphatic rings. The van der Waals surface area contributed by atoms with E-state index in [-0.39, 0.29) is 23.2 Å². The molecule has 0 radical (unpaired) electrons. The van der Waals surface area contributed by atoms with Crippen molar-refractivity contribution in [3.63, 3.8) is 0 Å². The second-order valence-electron chi connectivity index (χ2n) is 5.33. The lowest BCUT2D eigenvalue weighted by Gasteiger charge is -2.09. The first-order chi connectivity index (χ1) is 13.0. The van der Waals surface area contributed by atoms with Crippen molar-refractivity contribution in [2.24, 2.45) is 5.73 Å². The molecule has 0 spiro atoms. The summed E-state index contributed by atoms with van der Waals surface area (Å²) in [6.07, 6.45) is 1.70. The number of thioether (sulfide) groups is 1. The second-order valence-corrected chi connectivity index (χ2v) is 7.58. The summed E-state index contributed by atoms with van der Waals surface area (Å²) in [5, 5.41) is 13.7. The maximum absolute atomic E-state index is 12.2. The third-order valence-corrected chi connectivity index (χ3v) is 5.54. The first-order valence-corrected chi connectivity index (χ1v) is 10.1. The third-order valence-electron chi connectivity index (χ3n) is 3.41. The molecule has 3 aromatic heterocycles. The lowest BCUT2D eigenvalue weighted by molar-refractivity contribution is -0.118. The molecule has 0 aromatic carbocycles. The van der Waals surface area contributed by atoms with Crippen LogP contribution >= 0.6 is 34.7 Å². The number of hydrogen-bond acceptors (Lipinski definition) is 7. The maximum atomic E-state index is 12.2. The molecule has 2 amide bonds. The summed E-state index contributed by atoms with van der Waals surface area (Å²) in [7, 11) is 0. The van der Waals surface area contributed by atoms with Crippen molar-refractivity contribution in [2.75, 3.05) is 11.1 Å². The van der Waals surface area contributed by atoms with E-state index in [0.29, 0.717) is 23.2 Å². The van der Waals surface area contributed by atoms with Gasteiger partial charge in [-0.3, -0.25) is 9.59 Å². The molecule has 11 heteroatoms. The van der Waals surface area contributed by atoms with Crippen LogP contribution in [0.4, 0.5) is 5.69 Å². The van der Waals surface area contributed by atoms with Crippen LogP contribution in [0.3, 0.4) is 0 Å². The van der Waals surface area contributed by atoms with Crippen molar-refractivity contribution in [3.8, 4) is 10.7 Å². The number of nitrogens with two attached hydrogens (primary N) is 1. The Morgan fingerprint density at radius 1 is 1.30 bits per heavy atom. The topological polar surface area (TPSA) is 116 Å². The van der Waals surface area contributed by atoms with E-state index in [1.165, 1.54) is 23.1 Å². The molecular formula is C16H15ClN6O2S2. The molecule has 3 N–H and O–H groups in total. The van der Waals surface area contributed by atoms with Crippen molar-refractivity contribution in [3.05, 3.63) is 41.0 Å². The van der Waals surface area contributed by atoms with Gasteiger partial charge in [-0.1, -0.05) is 29.4 Å². The predicted octanol–water partition coefficient (Wildman–Crippen LogP) is 2.66. The number of aromatic nitrogens is 4. The molecule has 0 aliphatic carbocycles. The van der Waals surface area contributed by atoms with Crippen LogP contribution in [-0.4, -0.2) is 37.3 Å². The average molecular weight is 423 g/mol. The van der Waals surface area contributed by atoms with Crippen LogP contribution in [0.25, 0.3) is 10.7 Å². The normalized spacial score (nSPS) is 10.7. The van der Waals surface area contributed by atoms with E-state index in [9.17, 15) is 9.59 Å². The van der Waals surface area contributed by atoms with Gasteiger partial charge in [-0.15, -0.1) is 21.5 Å². The highest BCUT2D eigenvalue weighted by molar-refractivity contribution is 7.99. The number of pyridine rings is 1. The molecular weight excluding hydrogens is 408 g/mol. The number of amides is 2. The minimum Gasteiger partial charge on any atom is -0.370 e. The fraction of sp³-hybridized carbons (Fsp3) is 0.188. The summed E-state index contributed by atoms with van der Waals surface area (Å²) in [5.41, 5.74) is 5.71. The summed E-state index contributed by atoms with van der Waals surface area (Å²) in [6.45, 7) is 0.341. The number of hydrogen-bond donors (Lipinski definition) is 2. The first-order valence-electron chi connectivity index (χ1n) is 7.83. The number of carbonyl (C=O) groups excluding carboxylic acids is 2. The molecule has 0 unspecified atom stereocenters. The van der Waals surface area contributed by atoms with Gasteiger partial charge >= 0.3 is 0 Å². The van der Waals surface area contributed by atoms with Crippen molar-refractivity contribution in [1.29, 1.82) is 0 Å². The van der Waals surface area contributed by atoms with E-state index in [1.54, 1.807) is 22.9 Å². The quantitative estimate of drug-likeness (QED) is 0.426. The van der Waals surface area contributed by atoms with Crippen LogP contribution < -0.4 is 11.1 Å². The number of nitrogens with one attached hydrogen (secondary N) is 1. The summed E-state index contributed by atoms with van der Waals surface area (Å²) < 4.78 is 1.80.